The average molecular weight is 278 g/mol. The second kappa shape index (κ2) is 6.35. The van der Waals surface area contributed by atoms with Gasteiger partial charge in [0, 0.05) is 24.6 Å². The monoisotopic (exact) mass is 278 g/mol. The van der Waals surface area contributed by atoms with Crippen LogP contribution in [0.4, 0.5) is 0 Å². The number of aryl methyl sites for hydroxylation is 1. The second-order valence-electron chi connectivity index (χ2n) is 5.29. The first-order valence-corrected chi connectivity index (χ1v) is 7.16. The van der Waals surface area contributed by atoms with Gasteiger partial charge in [0.2, 0.25) is 0 Å². The Morgan fingerprint density at radius 1 is 1.53 bits per heavy atom. The van der Waals surface area contributed by atoms with Gasteiger partial charge in [0.1, 0.15) is 5.75 Å². The van der Waals surface area contributed by atoms with Gasteiger partial charge in [0.25, 0.3) is 0 Å². The first-order chi connectivity index (χ1) is 9.10. The fourth-order valence-electron chi connectivity index (χ4n) is 2.70. The van der Waals surface area contributed by atoms with E-state index in [0.717, 1.165) is 38.2 Å². The molecule has 1 aromatic carbocycles. The lowest BCUT2D eigenvalue weighted by Crippen LogP contribution is -2.40. The van der Waals surface area contributed by atoms with Crippen molar-refractivity contribution >= 4 is 17.2 Å². The van der Waals surface area contributed by atoms with E-state index >= 15 is 0 Å². The number of nitrogens with zero attached hydrogens (tertiary/aromatic N) is 1. The van der Waals surface area contributed by atoms with E-state index in [2.05, 4.69) is 24.0 Å². The van der Waals surface area contributed by atoms with Crippen LogP contribution in [0.1, 0.15) is 24.0 Å². The van der Waals surface area contributed by atoms with Crippen molar-refractivity contribution in [1.82, 2.24) is 4.90 Å². The molecule has 0 spiro atoms. The number of ether oxygens (including phenoxy) is 1. The molecule has 1 unspecified atom stereocenters. The zero-order valence-electron chi connectivity index (χ0n) is 11.7. The summed E-state index contributed by atoms with van der Waals surface area (Å²) in [6.07, 6.45) is 2.28. The largest absolute Gasteiger partial charge is 0.496 e. The van der Waals surface area contributed by atoms with Crippen LogP contribution in [0.15, 0.2) is 18.2 Å². The lowest BCUT2D eigenvalue weighted by molar-refractivity contribution is 0.195. The van der Waals surface area contributed by atoms with Crippen molar-refractivity contribution in [3.8, 4) is 5.75 Å². The molecule has 0 amide bonds. The van der Waals surface area contributed by atoms with E-state index in [1.807, 2.05) is 6.07 Å². The Morgan fingerprint density at radius 2 is 2.32 bits per heavy atom. The minimum atomic E-state index is 0.361. The molecule has 4 heteroatoms. The molecular formula is C15H22N2OS. The van der Waals surface area contributed by atoms with Crippen LogP contribution in [-0.2, 0) is 6.54 Å². The number of benzene rings is 1. The van der Waals surface area contributed by atoms with Crippen molar-refractivity contribution in [1.29, 1.82) is 0 Å². The lowest BCUT2D eigenvalue weighted by atomic mass is 9.97. The summed E-state index contributed by atoms with van der Waals surface area (Å²) in [6.45, 7) is 5.09. The van der Waals surface area contributed by atoms with Crippen LogP contribution < -0.4 is 10.5 Å². The summed E-state index contributed by atoms with van der Waals surface area (Å²) in [5, 5.41) is 0. The molecule has 1 aliphatic heterocycles. The van der Waals surface area contributed by atoms with Crippen molar-refractivity contribution < 1.29 is 4.74 Å². The molecule has 0 radical (unpaired) electrons. The number of piperidine rings is 1. The van der Waals surface area contributed by atoms with Gasteiger partial charge in [-0.3, -0.25) is 4.90 Å². The van der Waals surface area contributed by atoms with Crippen LogP contribution >= 0.6 is 12.2 Å². The average Bonchev–Trinajstić information content (AvgIpc) is 2.39. The minimum Gasteiger partial charge on any atom is -0.496 e. The summed E-state index contributed by atoms with van der Waals surface area (Å²) in [6, 6.07) is 6.32. The molecule has 0 saturated carbocycles. The van der Waals surface area contributed by atoms with Crippen LogP contribution in [0.25, 0.3) is 0 Å². The topological polar surface area (TPSA) is 38.5 Å². The zero-order chi connectivity index (χ0) is 13.8. The van der Waals surface area contributed by atoms with Crippen LogP contribution in [0.2, 0.25) is 0 Å². The molecular weight excluding hydrogens is 256 g/mol. The molecule has 1 saturated heterocycles. The minimum absolute atomic E-state index is 0.361. The summed E-state index contributed by atoms with van der Waals surface area (Å²) in [4.78, 5) is 3.07. The van der Waals surface area contributed by atoms with E-state index in [4.69, 9.17) is 22.7 Å². The van der Waals surface area contributed by atoms with E-state index in [1.165, 1.54) is 11.1 Å². The molecule has 0 aromatic heterocycles. The molecule has 19 heavy (non-hydrogen) atoms. The summed E-state index contributed by atoms with van der Waals surface area (Å²) in [5.74, 6) is 1.32. The maximum Gasteiger partial charge on any atom is 0.123 e. The lowest BCUT2D eigenvalue weighted by Gasteiger charge is -2.32. The second-order valence-corrected chi connectivity index (χ2v) is 5.76. The smallest absolute Gasteiger partial charge is 0.123 e. The molecule has 1 heterocycles. The molecule has 3 nitrogen and oxygen atoms in total. The normalized spacial score (nSPS) is 20.2. The third kappa shape index (κ3) is 3.67. The molecule has 2 rings (SSSR count). The van der Waals surface area contributed by atoms with E-state index in [-0.39, 0.29) is 0 Å². The standard InChI is InChI=1S/C15H22N2OS/c1-11-5-6-14(18-2)13(8-11)10-17-7-3-4-12(9-17)15(16)19/h5-6,8,12H,3-4,7,9-10H2,1-2H3,(H2,16,19). The van der Waals surface area contributed by atoms with E-state index in [9.17, 15) is 0 Å². The van der Waals surface area contributed by atoms with Crippen molar-refractivity contribution in [2.24, 2.45) is 11.7 Å². The van der Waals surface area contributed by atoms with Crippen LogP contribution in [0.3, 0.4) is 0 Å². The van der Waals surface area contributed by atoms with Crippen molar-refractivity contribution in [2.45, 2.75) is 26.3 Å². The van der Waals surface area contributed by atoms with Gasteiger partial charge in [-0.25, -0.2) is 0 Å². The summed E-state index contributed by atoms with van der Waals surface area (Å²) in [5.41, 5.74) is 8.29. The molecule has 1 aliphatic rings. The number of nitrogens with two attached hydrogens (primary N) is 1. The van der Waals surface area contributed by atoms with Crippen molar-refractivity contribution in [3.05, 3.63) is 29.3 Å². The highest BCUT2D eigenvalue weighted by Crippen LogP contribution is 2.24. The van der Waals surface area contributed by atoms with Crippen LogP contribution in [0, 0.1) is 12.8 Å². The fourth-order valence-corrected chi connectivity index (χ4v) is 2.90. The first-order valence-electron chi connectivity index (χ1n) is 6.75. The van der Waals surface area contributed by atoms with Crippen LogP contribution in [-0.4, -0.2) is 30.1 Å². The highest BCUT2D eigenvalue weighted by atomic mass is 32.1. The molecule has 1 fully saturated rings. The Balaban J connectivity index is 2.08. The Morgan fingerprint density at radius 3 is 3.00 bits per heavy atom. The van der Waals surface area contributed by atoms with E-state index in [1.54, 1.807) is 7.11 Å². The molecule has 1 aromatic rings. The number of hydrogen-bond donors (Lipinski definition) is 1. The van der Waals surface area contributed by atoms with Gasteiger partial charge in [0.05, 0.1) is 12.1 Å². The van der Waals surface area contributed by atoms with Gasteiger partial charge in [-0.05, 0) is 32.4 Å². The highest BCUT2D eigenvalue weighted by Gasteiger charge is 2.22. The number of hydrogen-bond acceptors (Lipinski definition) is 3. The maximum absolute atomic E-state index is 5.78. The number of likely N-dealkylation sites (tertiary alicyclic amines) is 1. The highest BCUT2D eigenvalue weighted by molar-refractivity contribution is 7.80. The van der Waals surface area contributed by atoms with E-state index in [0.29, 0.717) is 10.9 Å². The first kappa shape index (κ1) is 14.3. The number of rotatable bonds is 4. The van der Waals surface area contributed by atoms with Gasteiger partial charge in [-0.15, -0.1) is 0 Å². The fraction of sp³-hybridized carbons (Fsp3) is 0.533. The predicted molar refractivity (Wildman–Crippen MR) is 82.5 cm³/mol. The maximum atomic E-state index is 5.78. The van der Waals surface area contributed by atoms with Gasteiger partial charge >= 0.3 is 0 Å². The Hall–Kier alpha value is -1.13. The molecule has 2 N–H and O–H groups in total. The number of methoxy groups -OCH3 is 1. The SMILES string of the molecule is COc1ccc(C)cc1CN1CCCC(C(N)=S)C1. The quantitative estimate of drug-likeness (QED) is 0.859. The zero-order valence-corrected chi connectivity index (χ0v) is 12.5. The molecule has 1 atom stereocenters. The molecule has 0 bridgehead atoms. The summed E-state index contributed by atoms with van der Waals surface area (Å²) < 4.78 is 5.44. The van der Waals surface area contributed by atoms with E-state index < -0.39 is 0 Å². The molecule has 0 aliphatic carbocycles. The van der Waals surface area contributed by atoms with Crippen molar-refractivity contribution in [3.63, 3.8) is 0 Å². The van der Waals surface area contributed by atoms with Crippen molar-refractivity contribution in [2.75, 3.05) is 20.2 Å². The van der Waals surface area contributed by atoms with Gasteiger partial charge in [-0.2, -0.15) is 0 Å². The molecule has 104 valence electrons. The number of thiocarbonyl (C=S) groups is 1. The van der Waals surface area contributed by atoms with Gasteiger partial charge in [0.15, 0.2) is 0 Å². The Kier molecular flexibility index (Phi) is 4.77. The predicted octanol–water partition coefficient (Wildman–Crippen LogP) is 2.50. The Labute approximate surface area is 120 Å². The van der Waals surface area contributed by atoms with Crippen LogP contribution in [0.5, 0.6) is 5.75 Å². The van der Waals surface area contributed by atoms with Gasteiger partial charge in [-0.1, -0.05) is 29.9 Å². The summed E-state index contributed by atoms with van der Waals surface area (Å²) >= 11 is 5.13. The third-order valence-electron chi connectivity index (χ3n) is 3.74. The third-order valence-corrected chi connectivity index (χ3v) is 4.07. The Bertz CT molecular complexity index is 461. The summed E-state index contributed by atoms with van der Waals surface area (Å²) in [7, 11) is 1.72. The van der Waals surface area contributed by atoms with Gasteiger partial charge < -0.3 is 10.5 Å².